The van der Waals surface area contributed by atoms with Crippen molar-refractivity contribution in [1.29, 1.82) is 0 Å². The molecular weight excluding hydrogens is 643 g/mol. The van der Waals surface area contributed by atoms with Gasteiger partial charge in [-0.2, -0.15) is 0 Å². The van der Waals surface area contributed by atoms with E-state index in [1.807, 2.05) is 49.9 Å². The number of alkyl carbamates (subject to hydrolysis) is 1. The van der Waals surface area contributed by atoms with E-state index in [4.69, 9.17) is 37.2 Å². The molecule has 2 aromatic heterocycles. The first-order chi connectivity index (χ1) is 22.1. The zero-order valence-corrected chi connectivity index (χ0v) is 28.7. The van der Waals surface area contributed by atoms with Crippen molar-refractivity contribution < 1.29 is 28.4 Å². The Labute approximate surface area is 283 Å². The minimum Gasteiger partial charge on any atom is -0.457 e. The second-order valence-corrected chi connectivity index (χ2v) is 14.2. The quantitative estimate of drug-likeness (QED) is 0.154. The Morgan fingerprint density at radius 3 is 2.36 bits per heavy atom. The fourth-order valence-corrected chi connectivity index (χ4v) is 6.01. The van der Waals surface area contributed by atoms with Gasteiger partial charge in [-0.3, -0.25) is 9.36 Å². The number of ether oxygens (including phenoxy) is 2. The Morgan fingerprint density at radius 2 is 1.68 bits per heavy atom. The summed E-state index contributed by atoms with van der Waals surface area (Å²) in [5.74, 6) is -0.505. The van der Waals surface area contributed by atoms with Gasteiger partial charge in [0.05, 0.1) is 15.6 Å². The number of nitrogens with one attached hydrogen (secondary N) is 1. The Bertz CT molecular complexity index is 1830. The topological polar surface area (TPSA) is 116 Å². The highest BCUT2D eigenvalue weighted by Crippen LogP contribution is 2.41. The Morgan fingerprint density at radius 1 is 1.00 bits per heavy atom. The lowest BCUT2D eigenvalue weighted by molar-refractivity contribution is -0.148. The van der Waals surface area contributed by atoms with E-state index in [0.717, 1.165) is 17.4 Å². The van der Waals surface area contributed by atoms with E-state index >= 15 is 0 Å². The van der Waals surface area contributed by atoms with Crippen LogP contribution in [0.5, 0.6) is 0 Å². The van der Waals surface area contributed by atoms with Gasteiger partial charge in [-0.15, -0.1) is 0 Å². The molecule has 0 unspecified atom stereocenters. The van der Waals surface area contributed by atoms with E-state index in [1.165, 1.54) is 10.6 Å². The number of hydrogen-bond acceptors (Lipinski definition) is 8. The molecule has 1 saturated heterocycles. The molecule has 0 radical (unpaired) electrons. The summed E-state index contributed by atoms with van der Waals surface area (Å²) in [6.45, 7) is 12.3. The molecule has 5 rings (SSSR count). The maximum Gasteiger partial charge on any atom is 0.407 e. The predicted octanol–water partition coefficient (Wildman–Crippen LogP) is 8.00. The highest BCUT2D eigenvalue weighted by molar-refractivity contribution is 6.39. The van der Waals surface area contributed by atoms with Crippen LogP contribution < -0.4 is 10.2 Å². The minimum atomic E-state index is -0.619. The van der Waals surface area contributed by atoms with Crippen LogP contribution in [0.2, 0.25) is 10.0 Å². The van der Waals surface area contributed by atoms with E-state index in [-0.39, 0.29) is 23.1 Å². The predicted molar refractivity (Wildman–Crippen MR) is 183 cm³/mol. The molecule has 4 aromatic rings. The van der Waals surface area contributed by atoms with E-state index < -0.39 is 29.2 Å². The summed E-state index contributed by atoms with van der Waals surface area (Å²) >= 11 is 13.2. The van der Waals surface area contributed by atoms with Crippen molar-refractivity contribution in [3.05, 3.63) is 75.9 Å². The third-order valence-corrected chi connectivity index (χ3v) is 8.02. The number of carbonyl (C=O) groups is 3. The summed E-state index contributed by atoms with van der Waals surface area (Å²) in [6.07, 6.45) is 4.97. The van der Waals surface area contributed by atoms with Crippen molar-refractivity contribution in [3.63, 3.8) is 0 Å². The summed E-state index contributed by atoms with van der Waals surface area (Å²) in [6, 6.07) is 12.4. The molecule has 0 saturated carbocycles. The summed E-state index contributed by atoms with van der Waals surface area (Å²) in [4.78, 5) is 41.1. The molecule has 248 valence electrons. The van der Waals surface area contributed by atoms with Gasteiger partial charge in [0.25, 0.3) is 5.91 Å². The van der Waals surface area contributed by atoms with Gasteiger partial charge in [0.2, 0.25) is 5.88 Å². The molecule has 0 bridgehead atoms. The largest absolute Gasteiger partial charge is 0.457 e. The molecular formula is C35H38Cl2N4O6. The fourth-order valence-electron chi connectivity index (χ4n) is 5.44. The third kappa shape index (κ3) is 8.00. The van der Waals surface area contributed by atoms with Gasteiger partial charge in [-0.25, -0.2) is 9.59 Å². The average Bonchev–Trinajstić information content (AvgIpc) is 3.71. The van der Waals surface area contributed by atoms with Crippen molar-refractivity contribution in [2.24, 2.45) is 5.92 Å². The van der Waals surface area contributed by atoms with Crippen molar-refractivity contribution in [2.45, 2.75) is 59.2 Å². The Balaban J connectivity index is 1.49. The van der Waals surface area contributed by atoms with Gasteiger partial charge in [0.15, 0.2) is 0 Å². The van der Waals surface area contributed by atoms with Crippen molar-refractivity contribution in [2.75, 3.05) is 24.5 Å². The number of anilines is 1. The smallest absolute Gasteiger partial charge is 0.407 e. The zero-order valence-electron chi connectivity index (χ0n) is 27.2. The van der Waals surface area contributed by atoms with Crippen molar-refractivity contribution >= 4 is 64.0 Å². The maximum absolute atomic E-state index is 14.5. The number of fused-ring (bicyclic) bond motifs is 1. The van der Waals surface area contributed by atoms with E-state index in [2.05, 4.69) is 10.5 Å². The second kappa shape index (κ2) is 13.4. The summed E-state index contributed by atoms with van der Waals surface area (Å²) in [5.41, 5.74) is 0.937. The molecule has 47 heavy (non-hydrogen) atoms. The summed E-state index contributed by atoms with van der Waals surface area (Å²) in [5, 5.41) is 8.56. The molecule has 1 N–H and O–H groups in total. The first-order valence-electron chi connectivity index (χ1n) is 15.3. The van der Waals surface area contributed by atoms with Crippen LogP contribution in [-0.2, 0) is 14.3 Å². The Hall–Kier alpha value is -4.28. The number of esters is 1. The molecule has 1 aliphatic rings. The molecule has 1 amide bonds. The number of nitrogens with zero attached hydrogens (tertiary/aromatic N) is 3. The molecule has 1 aliphatic heterocycles. The number of carbonyl (C=O) groups excluding carboxylic acids is 3. The number of benzene rings is 2. The van der Waals surface area contributed by atoms with Crippen LogP contribution in [0.4, 0.5) is 10.7 Å². The molecule has 0 aliphatic carbocycles. The Kier molecular flexibility index (Phi) is 9.75. The molecule has 2 aromatic carbocycles. The first-order valence-corrected chi connectivity index (χ1v) is 16.1. The van der Waals surface area contributed by atoms with Crippen LogP contribution >= 0.6 is 23.2 Å². The molecule has 3 heterocycles. The monoisotopic (exact) mass is 680 g/mol. The van der Waals surface area contributed by atoms with Gasteiger partial charge in [0.1, 0.15) is 22.5 Å². The number of aromatic nitrogens is 2. The lowest BCUT2D eigenvalue weighted by atomic mass is 10.1. The second-order valence-electron chi connectivity index (χ2n) is 13.4. The third-order valence-electron chi connectivity index (χ3n) is 7.39. The standard InChI is InChI=1S/C35H38Cl2N4O6/c1-34(2,3)45-27(42)14-13-22-9-7-12-26-23(22)16-18-41(26)31(43)29-30(28-24(36)10-8-11-25(28)37)39-47-32(29)40-17-15-21(20-40)19-38-33(44)46-35(4,5)6/h7-14,16,18,21H,15,17,19-20H2,1-6H3,(H,38,44)/b14-13+/t21-/m1/s1. The highest BCUT2D eigenvalue weighted by atomic mass is 35.5. The average molecular weight is 682 g/mol. The SMILES string of the molecule is CC(C)(C)OC(=O)/C=C/c1cccc2c1ccn2C(=O)c1c(-c2c(Cl)cccc2Cl)noc1N1CC[C@H](CNC(=O)OC(C)(C)C)C1. The fraction of sp³-hybridized carbons (Fsp3) is 0.371. The minimum absolute atomic E-state index is 0.0784. The van der Waals surface area contributed by atoms with Crippen LogP contribution in [0.1, 0.15) is 63.9 Å². The lowest BCUT2D eigenvalue weighted by Gasteiger charge is -2.21. The van der Waals surface area contributed by atoms with Gasteiger partial charge in [0, 0.05) is 42.9 Å². The maximum atomic E-state index is 14.5. The molecule has 10 nitrogen and oxygen atoms in total. The number of rotatable bonds is 7. The van der Waals surface area contributed by atoms with Crippen LogP contribution in [0.15, 0.2) is 59.3 Å². The van der Waals surface area contributed by atoms with Crippen LogP contribution in [0.25, 0.3) is 28.2 Å². The first kappa shape index (κ1) is 34.1. The normalized spacial score (nSPS) is 15.4. The van der Waals surface area contributed by atoms with Gasteiger partial charge < -0.3 is 24.2 Å². The van der Waals surface area contributed by atoms with Gasteiger partial charge in [-0.05, 0) is 89.8 Å². The van der Waals surface area contributed by atoms with Crippen molar-refractivity contribution in [3.8, 4) is 11.3 Å². The lowest BCUT2D eigenvalue weighted by Crippen LogP contribution is -2.36. The van der Waals surface area contributed by atoms with Gasteiger partial charge >= 0.3 is 12.1 Å². The van der Waals surface area contributed by atoms with Crippen LogP contribution in [0, 0.1) is 5.92 Å². The van der Waals surface area contributed by atoms with Crippen LogP contribution in [-0.4, -0.2) is 58.5 Å². The van der Waals surface area contributed by atoms with E-state index in [1.54, 1.807) is 51.2 Å². The van der Waals surface area contributed by atoms with Crippen LogP contribution in [0.3, 0.4) is 0 Å². The number of amides is 1. The molecule has 0 spiro atoms. The zero-order chi connectivity index (χ0) is 34.1. The van der Waals surface area contributed by atoms with Gasteiger partial charge in [-0.1, -0.05) is 46.6 Å². The summed E-state index contributed by atoms with van der Waals surface area (Å²) < 4.78 is 18.2. The number of halogens is 2. The summed E-state index contributed by atoms with van der Waals surface area (Å²) in [7, 11) is 0. The molecule has 1 fully saturated rings. The molecule has 1 atom stereocenters. The highest BCUT2D eigenvalue weighted by Gasteiger charge is 2.35. The molecule has 12 heteroatoms. The van der Waals surface area contributed by atoms with E-state index in [9.17, 15) is 14.4 Å². The number of hydrogen-bond donors (Lipinski definition) is 1. The van der Waals surface area contributed by atoms with E-state index in [0.29, 0.717) is 40.8 Å². The van der Waals surface area contributed by atoms with Crippen molar-refractivity contribution in [1.82, 2.24) is 15.0 Å².